The molecule has 1 aliphatic carbocycles. The van der Waals surface area contributed by atoms with E-state index in [-0.39, 0.29) is 29.9 Å². The van der Waals surface area contributed by atoms with Gasteiger partial charge in [0.2, 0.25) is 5.91 Å². The molecule has 0 aromatic carbocycles. The molecule has 6 nitrogen and oxygen atoms in total. The zero-order chi connectivity index (χ0) is 15.0. The lowest BCUT2D eigenvalue weighted by atomic mass is 9.82. The lowest BCUT2D eigenvalue weighted by molar-refractivity contribution is -0.135. The van der Waals surface area contributed by atoms with Crippen molar-refractivity contribution in [3.05, 3.63) is 22.3 Å². The summed E-state index contributed by atoms with van der Waals surface area (Å²) in [4.78, 5) is 35.1. The van der Waals surface area contributed by atoms with E-state index in [4.69, 9.17) is 5.73 Å². The molecular weight excluding hydrogens is 262 g/mol. The van der Waals surface area contributed by atoms with Gasteiger partial charge in [-0.05, 0) is 40.5 Å². The largest absolute Gasteiger partial charge is 0.412 e. The number of nitrogens with two attached hydrogens (primary N) is 1. The van der Waals surface area contributed by atoms with Crippen molar-refractivity contribution in [3.63, 3.8) is 0 Å². The lowest BCUT2D eigenvalue weighted by Crippen LogP contribution is -2.41. The van der Waals surface area contributed by atoms with Gasteiger partial charge in [0.1, 0.15) is 5.60 Å². The molecule has 112 valence electrons. The smallest absolute Gasteiger partial charge is 0.249 e. The van der Waals surface area contributed by atoms with E-state index in [9.17, 15) is 19.5 Å². The molecule has 1 atom stereocenters. The van der Waals surface area contributed by atoms with Crippen LogP contribution in [0, 0.1) is 0 Å². The van der Waals surface area contributed by atoms with Crippen molar-refractivity contribution in [2.75, 3.05) is 0 Å². The third kappa shape index (κ3) is 3.20. The summed E-state index contributed by atoms with van der Waals surface area (Å²) in [6.07, 6.45) is 0.164. The van der Waals surface area contributed by atoms with Crippen LogP contribution in [-0.2, 0) is 14.4 Å². The summed E-state index contributed by atoms with van der Waals surface area (Å²) in [6.45, 7) is 6.11. The maximum Gasteiger partial charge on any atom is 0.249 e. The fraction of sp³-hybridized carbons (Fsp3) is 0.500. The van der Waals surface area contributed by atoms with Crippen molar-refractivity contribution < 1.29 is 25.0 Å². The molecule has 0 spiro atoms. The number of carbonyl (C=O) groups is 3. The van der Waals surface area contributed by atoms with E-state index in [1.54, 1.807) is 20.8 Å². The van der Waals surface area contributed by atoms with E-state index in [1.807, 2.05) is 0 Å². The molecule has 0 unspecified atom stereocenters. The molecular formula is C14H21NO5. The van der Waals surface area contributed by atoms with Crippen molar-refractivity contribution in [1.29, 1.82) is 0 Å². The van der Waals surface area contributed by atoms with Gasteiger partial charge in [0, 0.05) is 22.3 Å². The third-order valence-corrected chi connectivity index (χ3v) is 3.70. The molecule has 0 radical (unpaired) electrons. The first kappa shape index (κ1) is 18.2. The first-order valence-electron chi connectivity index (χ1n) is 6.08. The summed E-state index contributed by atoms with van der Waals surface area (Å²) in [5.74, 6) is -1.20. The van der Waals surface area contributed by atoms with Crippen LogP contribution < -0.4 is 5.73 Å². The Hall–Kier alpha value is -1.79. The quantitative estimate of drug-likeness (QED) is 0.702. The van der Waals surface area contributed by atoms with Gasteiger partial charge in [-0.2, -0.15) is 0 Å². The third-order valence-electron chi connectivity index (χ3n) is 3.70. The number of aliphatic hydroxyl groups is 1. The van der Waals surface area contributed by atoms with Crippen LogP contribution in [0.15, 0.2) is 22.3 Å². The minimum absolute atomic E-state index is 0. The summed E-state index contributed by atoms with van der Waals surface area (Å²) in [6, 6.07) is 0. The predicted molar refractivity (Wildman–Crippen MR) is 73.8 cm³/mol. The number of hydrogen-bond acceptors (Lipinski definition) is 4. The van der Waals surface area contributed by atoms with Gasteiger partial charge in [0.25, 0.3) is 0 Å². The summed E-state index contributed by atoms with van der Waals surface area (Å²) >= 11 is 0. The summed E-state index contributed by atoms with van der Waals surface area (Å²) in [5, 5.41) is 9.77. The Kier molecular flexibility index (Phi) is 5.56. The predicted octanol–water partition coefficient (Wildman–Crippen LogP) is -0.0171. The van der Waals surface area contributed by atoms with Crippen molar-refractivity contribution >= 4 is 17.5 Å². The number of amides is 1. The molecule has 1 rings (SSSR count). The Morgan fingerprint density at radius 1 is 1.10 bits per heavy atom. The standard InChI is InChI=1S/C14H19NO4.H2O/c1-7-8(2)12(17)10(9(3)11(7)16)5-6-14(4,19)13(15)18;/h19H,5-6H2,1-4H3,(H2,15,18);1H2/t14-;/m1./s1. The van der Waals surface area contributed by atoms with Gasteiger partial charge in [-0.25, -0.2) is 0 Å². The van der Waals surface area contributed by atoms with E-state index in [0.717, 1.165) is 0 Å². The van der Waals surface area contributed by atoms with Crippen molar-refractivity contribution in [3.8, 4) is 0 Å². The highest BCUT2D eigenvalue weighted by atomic mass is 16.3. The number of ketones is 2. The topological polar surface area (TPSA) is 129 Å². The van der Waals surface area contributed by atoms with Gasteiger partial charge < -0.3 is 16.3 Å². The number of hydrogen-bond donors (Lipinski definition) is 2. The fourth-order valence-corrected chi connectivity index (χ4v) is 1.95. The Morgan fingerprint density at radius 3 is 2.00 bits per heavy atom. The molecule has 0 aliphatic heterocycles. The molecule has 5 N–H and O–H groups in total. The molecule has 0 bridgehead atoms. The van der Waals surface area contributed by atoms with Crippen LogP contribution >= 0.6 is 0 Å². The zero-order valence-electron chi connectivity index (χ0n) is 12.2. The molecule has 0 aromatic rings. The second-order valence-electron chi connectivity index (χ2n) is 5.15. The Bertz CT molecular complexity index is 526. The average molecular weight is 283 g/mol. The van der Waals surface area contributed by atoms with Crippen LogP contribution in [-0.4, -0.2) is 33.7 Å². The van der Waals surface area contributed by atoms with Crippen LogP contribution in [0.2, 0.25) is 0 Å². The fourth-order valence-electron chi connectivity index (χ4n) is 1.95. The molecule has 0 saturated heterocycles. The van der Waals surface area contributed by atoms with Gasteiger partial charge in [-0.15, -0.1) is 0 Å². The first-order chi connectivity index (χ1) is 8.59. The van der Waals surface area contributed by atoms with Gasteiger partial charge in [-0.1, -0.05) is 0 Å². The van der Waals surface area contributed by atoms with E-state index in [1.165, 1.54) is 6.92 Å². The number of rotatable bonds is 4. The molecule has 20 heavy (non-hydrogen) atoms. The van der Waals surface area contributed by atoms with Gasteiger partial charge in [-0.3, -0.25) is 14.4 Å². The highest BCUT2D eigenvalue weighted by molar-refractivity contribution is 6.24. The highest BCUT2D eigenvalue weighted by Gasteiger charge is 2.32. The summed E-state index contributed by atoms with van der Waals surface area (Å²) in [5.41, 5.74) is 5.00. The zero-order valence-corrected chi connectivity index (χ0v) is 12.2. The van der Waals surface area contributed by atoms with E-state index < -0.39 is 11.5 Å². The Morgan fingerprint density at radius 2 is 1.55 bits per heavy atom. The lowest BCUT2D eigenvalue weighted by Gasteiger charge is -2.22. The molecule has 6 heteroatoms. The van der Waals surface area contributed by atoms with Crippen LogP contribution in [0.4, 0.5) is 0 Å². The Balaban J connectivity index is 0.00000361. The van der Waals surface area contributed by atoms with Gasteiger partial charge in [0.05, 0.1) is 0 Å². The van der Waals surface area contributed by atoms with Crippen molar-refractivity contribution in [1.82, 2.24) is 0 Å². The second-order valence-corrected chi connectivity index (χ2v) is 5.15. The monoisotopic (exact) mass is 283 g/mol. The number of Topliss-reactive ketones (excluding diaryl/α,β-unsaturated/α-hetero) is 2. The molecule has 0 fully saturated rings. The molecule has 1 amide bonds. The van der Waals surface area contributed by atoms with E-state index in [2.05, 4.69) is 0 Å². The minimum atomic E-state index is -1.68. The van der Waals surface area contributed by atoms with Crippen LogP contribution in [0.3, 0.4) is 0 Å². The molecule has 0 aromatic heterocycles. The minimum Gasteiger partial charge on any atom is -0.412 e. The van der Waals surface area contributed by atoms with Crippen LogP contribution in [0.25, 0.3) is 0 Å². The van der Waals surface area contributed by atoms with E-state index in [0.29, 0.717) is 22.3 Å². The normalized spacial score (nSPS) is 18.9. The average Bonchev–Trinajstić information content (AvgIpc) is 2.33. The van der Waals surface area contributed by atoms with Crippen LogP contribution in [0.1, 0.15) is 40.5 Å². The highest BCUT2D eigenvalue weighted by Crippen LogP contribution is 2.28. The molecule has 0 saturated carbocycles. The van der Waals surface area contributed by atoms with Gasteiger partial charge in [0.15, 0.2) is 11.6 Å². The van der Waals surface area contributed by atoms with E-state index >= 15 is 0 Å². The van der Waals surface area contributed by atoms with Crippen LogP contribution in [0.5, 0.6) is 0 Å². The first-order valence-corrected chi connectivity index (χ1v) is 6.08. The SMILES string of the molecule is CC1=C(C)C(=O)C(CC[C@@](C)(O)C(N)=O)=C(C)C1=O.O. The second kappa shape index (κ2) is 6.11. The molecule has 1 aliphatic rings. The summed E-state index contributed by atoms with van der Waals surface area (Å²) < 4.78 is 0. The number of allylic oxidation sites excluding steroid dienone is 4. The van der Waals surface area contributed by atoms with Crippen molar-refractivity contribution in [2.24, 2.45) is 5.73 Å². The maximum absolute atomic E-state index is 12.1. The maximum atomic E-state index is 12.1. The molecule has 0 heterocycles. The summed E-state index contributed by atoms with van der Waals surface area (Å²) in [7, 11) is 0. The number of carbonyl (C=O) groups excluding carboxylic acids is 3. The van der Waals surface area contributed by atoms with Crippen molar-refractivity contribution in [2.45, 2.75) is 46.1 Å². The Labute approximate surface area is 117 Å². The van der Waals surface area contributed by atoms with Gasteiger partial charge >= 0.3 is 0 Å². The number of primary amides is 1.